The van der Waals surface area contributed by atoms with Gasteiger partial charge in [-0.25, -0.2) is 17.5 Å². The van der Waals surface area contributed by atoms with Crippen molar-refractivity contribution >= 4 is 21.4 Å². The van der Waals surface area contributed by atoms with E-state index >= 15 is 0 Å². The summed E-state index contributed by atoms with van der Waals surface area (Å²) in [6.45, 7) is 0.0792. The monoisotopic (exact) mass is 315 g/mol. The fourth-order valence-corrected chi connectivity index (χ4v) is 3.46. The molecule has 7 heteroatoms. The number of hydrogen-bond donors (Lipinski definition) is 2. The number of hydrogen-bond acceptors (Lipinski definition) is 4. The third kappa shape index (κ3) is 3.86. The van der Waals surface area contributed by atoms with Crippen LogP contribution in [0.1, 0.15) is 18.1 Å². The van der Waals surface area contributed by atoms with Crippen LogP contribution in [0.2, 0.25) is 0 Å². The quantitative estimate of drug-likeness (QED) is 0.859. The molecular formula is C13H14FNO3S2. The predicted molar refractivity (Wildman–Crippen MR) is 75.5 cm³/mol. The van der Waals surface area contributed by atoms with Gasteiger partial charge in [0.1, 0.15) is 5.82 Å². The lowest BCUT2D eigenvalue weighted by molar-refractivity contribution is 0.169. The minimum Gasteiger partial charge on any atom is -0.388 e. The molecule has 1 aromatic heterocycles. The summed E-state index contributed by atoms with van der Waals surface area (Å²) in [4.78, 5) is -0.123. The van der Waals surface area contributed by atoms with Crippen LogP contribution in [0, 0.1) is 5.82 Å². The summed E-state index contributed by atoms with van der Waals surface area (Å²) in [6.07, 6.45) is -0.456. The maximum atomic E-state index is 13.0. The largest absolute Gasteiger partial charge is 0.388 e. The van der Waals surface area contributed by atoms with Gasteiger partial charge in [-0.05, 0) is 47.0 Å². The van der Waals surface area contributed by atoms with Crippen molar-refractivity contribution in [3.8, 4) is 0 Å². The van der Waals surface area contributed by atoms with E-state index in [9.17, 15) is 17.9 Å². The molecule has 1 aromatic carbocycles. The molecule has 20 heavy (non-hydrogen) atoms. The zero-order chi connectivity index (χ0) is 14.6. The molecule has 108 valence electrons. The van der Waals surface area contributed by atoms with Gasteiger partial charge < -0.3 is 5.11 Å². The smallest absolute Gasteiger partial charge is 0.240 e. The number of aliphatic hydroxyl groups excluding tert-OH is 1. The summed E-state index contributed by atoms with van der Waals surface area (Å²) >= 11 is 1.47. The van der Waals surface area contributed by atoms with Crippen molar-refractivity contribution in [1.29, 1.82) is 0 Å². The van der Waals surface area contributed by atoms with E-state index in [1.54, 1.807) is 6.07 Å². The van der Waals surface area contributed by atoms with Crippen LogP contribution >= 0.6 is 11.3 Å². The van der Waals surface area contributed by atoms with Crippen LogP contribution in [0.3, 0.4) is 0 Å². The van der Waals surface area contributed by atoms with E-state index in [1.807, 2.05) is 10.8 Å². The van der Waals surface area contributed by atoms with Crippen LogP contribution in [-0.2, 0) is 10.0 Å². The van der Waals surface area contributed by atoms with Gasteiger partial charge in [0.25, 0.3) is 0 Å². The Kier molecular flexibility index (Phi) is 4.87. The zero-order valence-corrected chi connectivity index (χ0v) is 12.1. The van der Waals surface area contributed by atoms with E-state index in [2.05, 4.69) is 4.72 Å². The molecule has 1 atom stereocenters. The Balaban J connectivity index is 1.93. The lowest BCUT2D eigenvalue weighted by Crippen LogP contribution is -2.26. The molecule has 0 bridgehead atoms. The van der Waals surface area contributed by atoms with E-state index < -0.39 is 21.9 Å². The highest BCUT2D eigenvalue weighted by Crippen LogP contribution is 2.19. The number of thiophene rings is 1. The molecule has 0 aliphatic rings. The molecule has 0 aliphatic heterocycles. The SMILES string of the molecule is O=S(=O)(NCCC(O)c1ccsc1)c1cccc(F)c1. The Morgan fingerprint density at radius 3 is 2.80 bits per heavy atom. The molecule has 1 heterocycles. The van der Waals surface area contributed by atoms with Gasteiger partial charge in [-0.3, -0.25) is 0 Å². The van der Waals surface area contributed by atoms with Gasteiger partial charge >= 0.3 is 0 Å². The van der Waals surface area contributed by atoms with Crippen molar-refractivity contribution < 1.29 is 17.9 Å². The van der Waals surface area contributed by atoms with Gasteiger partial charge in [0, 0.05) is 6.54 Å². The molecule has 2 aromatic rings. The molecule has 2 rings (SSSR count). The molecular weight excluding hydrogens is 301 g/mol. The van der Waals surface area contributed by atoms with Gasteiger partial charge in [-0.15, -0.1) is 0 Å². The molecule has 0 radical (unpaired) electrons. The van der Waals surface area contributed by atoms with E-state index in [0.29, 0.717) is 0 Å². The van der Waals surface area contributed by atoms with Crippen LogP contribution in [-0.4, -0.2) is 20.1 Å². The first-order valence-electron chi connectivity index (χ1n) is 5.94. The molecule has 0 saturated carbocycles. The topological polar surface area (TPSA) is 66.4 Å². The molecule has 0 aliphatic carbocycles. The Morgan fingerprint density at radius 2 is 2.15 bits per heavy atom. The number of benzene rings is 1. The summed E-state index contributed by atoms with van der Waals surface area (Å²) in [7, 11) is -3.75. The molecule has 0 spiro atoms. The summed E-state index contributed by atoms with van der Waals surface area (Å²) < 4.78 is 39.1. The molecule has 1 unspecified atom stereocenters. The highest BCUT2D eigenvalue weighted by atomic mass is 32.2. The van der Waals surface area contributed by atoms with Crippen molar-refractivity contribution in [2.75, 3.05) is 6.54 Å². The maximum Gasteiger partial charge on any atom is 0.240 e. The first kappa shape index (κ1) is 15.1. The van der Waals surface area contributed by atoms with Crippen molar-refractivity contribution in [2.45, 2.75) is 17.4 Å². The molecule has 0 amide bonds. The average molecular weight is 315 g/mol. The van der Waals surface area contributed by atoms with Gasteiger partial charge in [0.05, 0.1) is 11.0 Å². The number of nitrogens with one attached hydrogen (secondary N) is 1. The van der Waals surface area contributed by atoms with Crippen molar-refractivity contribution in [3.05, 3.63) is 52.5 Å². The van der Waals surface area contributed by atoms with Gasteiger partial charge in [-0.1, -0.05) is 6.07 Å². The number of rotatable bonds is 6. The lowest BCUT2D eigenvalue weighted by Gasteiger charge is -2.10. The molecule has 0 fully saturated rings. The number of halogens is 1. The fraction of sp³-hybridized carbons (Fsp3) is 0.231. The zero-order valence-electron chi connectivity index (χ0n) is 10.5. The highest BCUT2D eigenvalue weighted by Gasteiger charge is 2.15. The normalized spacial score (nSPS) is 13.3. The first-order valence-corrected chi connectivity index (χ1v) is 8.37. The summed E-state index contributed by atoms with van der Waals surface area (Å²) in [5.41, 5.74) is 0.764. The predicted octanol–water partition coefficient (Wildman–Crippen LogP) is 2.29. The van der Waals surface area contributed by atoms with Crippen molar-refractivity contribution in [2.24, 2.45) is 0 Å². The molecule has 2 N–H and O–H groups in total. The van der Waals surface area contributed by atoms with Gasteiger partial charge in [0.15, 0.2) is 0 Å². The highest BCUT2D eigenvalue weighted by molar-refractivity contribution is 7.89. The summed E-state index contributed by atoms with van der Waals surface area (Å²) in [5.74, 6) is -0.605. The van der Waals surface area contributed by atoms with Crippen molar-refractivity contribution in [1.82, 2.24) is 4.72 Å². The molecule has 4 nitrogen and oxygen atoms in total. The number of aliphatic hydroxyl groups is 1. The Morgan fingerprint density at radius 1 is 1.35 bits per heavy atom. The van der Waals surface area contributed by atoms with E-state index in [0.717, 1.165) is 11.6 Å². The second-order valence-electron chi connectivity index (χ2n) is 4.22. The minimum atomic E-state index is -3.75. The Labute approximate surface area is 120 Å². The summed E-state index contributed by atoms with van der Waals surface area (Å²) in [5, 5.41) is 13.5. The average Bonchev–Trinajstić information content (AvgIpc) is 2.92. The van der Waals surface area contributed by atoms with E-state index in [-0.39, 0.29) is 17.9 Å². The summed E-state index contributed by atoms with van der Waals surface area (Å²) in [6, 6.07) is 6.58. The van der Waals surface area contributed by atoms with E-state index in [4.69, 9.17) is 0 Å². The maximum absolute atomic E-state index is 13.0. The standard InChI is InChI=1S/C13H14FNO3S2/c14-11-2-1-3-12(8-11)20(17,18)15-6-4-13(16)10-5-7-19-9-10/h1-3,5,7-9,13,15-16H,4,6H2. The molecule has 0 saturated heterocycles. The third-order valence-electron chi connectivity index (χ3n) is 2.74. The second kappa shape index (κ2) is 6.45. The minimum absolute atomic E-state index is 0.0792. The van der Waals surface area contributed by atoms with Gasteiger partial charge in [-0.2, -0.15) is 11.3 Å². The Bertz CT molecular complexity index is 656. The first-order chi connectivity index (χ1) is 9.49. The second-order valence-corrected chi connectivity index (χ2v) is 6.76. The van der Waals surface area contributed by atoms with Crippen LogP contribution in [0.5, 0.6) is 0 Å². The fourth-order valence-electron chi connectivity index (χ4n) is 1.68. The van der Waals surface area contributed by atoms with Crippen LogP contribution < -0.4 is 4.72 Å². The van der Waals surface area contributed by atoms with Gasteiger partial charge in [0.2, 0.25) is 10.0 Å². The van der Waals surface area contributed by atoms with Crippen LogP contribution in [0.15, 0.2) is 46.0 Å². The Hall–Kier alpha value is -1.28. The van der Waals surface area contributed by atoms with Crippen LogP contribution in [0.25, 0.3) is 0 Å². The van der Waals surface area contributed by atoms with Crippen LogP contribution in [0.4, 0.5) is 4.39 Å². The third-order valence-corrected chi connectivity index (χ3v) is 4.90. The number of sulfonamides is 1. The lowest BCUT2D eigenvalue weighted by atomic mass is 10.1. The van der Waals surface area contributed by atoms with Crippen molar-refractivity contribution in [3.63, 3.8) is 0 Å². The van der Waals surface area contributed by atoms with E-state index in [1.165, 1.54) is 29.5 Å².